The zero-order valence-electron chi connectivity index (χ0n) is 10.8. The van der Waals surface area contributed by atoms with Gasteiger partial charge in [-0.3, -0.25) is 0 Å². The summed E-state index contributed by atoms with van der Waals surface area (Å²) >= 11 is 0. The van der Waals surface area contributed by atoms with Gasteiger partial charge in [-0.1, -0.05) is 13.8 Å². The summed E-state index contributed by atoms with van der Waals surface area (Å²) in [4.78, 5) is 13.6. The maximum Gasteiger partial charge on any atom is 0.317 e. The molecule has 16 heavy (non-hydrogen) atoms. The Balaban J connectivity index is 2.38. The second-order valence-electron chi connectivity index (χ2n) is 5.67. The molecule has 0 aliphatic carbocycles. The summed E-state index contributed by atoms with van der Waals surface area (Å²) in [5, 5.41) is 12.8. The molecule has 0 aromatic carbocycles. The molecule has 1 aliphatic rings. The van der Waals surface area contributed by atoms with Crippen LogP contribution >= 0.6 is 0 Å². The molecule has 0 saturated carbocycles. The molecule has 1 unspecified atom stereocenters. The molecule has 1 aliphatic heterocycles. The summed E-state index contributed by atoms with van der Waals surface area (Å²) in [6.45, 7) is 9.89. The fraction of sp³-hybridized carbons (Fsp3) is 0.917. The molecule has 1 atom stereocenters. The maximum atomic E-state index is 11.8. The number of hydrogen-bond acceptors (Lipinski definition) is 2. The highest BCUT2D eigenvalue weighted by molar-refractivity contribution is 5.74. The van der Waals surface area contributed by atoms with Crippen LogP contribution in [0.4, 0.5) is 4.79 Å². The monoisotopic (exact) mass is 228 g/mol. The number of urea groups is 1. The Morgan fingerprint density at radius 2 is 2.19 bits per heavy atom. The number of likely N-dealkylation sites (tertiary alicyclic amines) is 1. The predicted octanol–water partition coefficient (Wildman–Crippen LogP) is 1.44. The molecule has 0 aromatic rings. The molecule has 4 heteroatoms. The van der Waals surface area contributed by atoms with Gasteiger partial charge >= 0.3 is 6.03 Å². The van der Waals surface area contributed by atoms with E-state index in [0.717, 1.165) is 13.0 Å². The van der Waals surface area contributed by atoms with Crippen molar-refractivity contribution in [1.29, 1.82) is 0 Å². The van der Waals surface area contributed by atoms with E-state index in [1.54, 1.807) is 4.90 Å². The predicted molar refractivity (Wildman–Crippen MR) is 64.2 cm³/mol. The van der Waals surface area contributed by atoms with Crippen molar-refractivity contribution in [2.45, 2.75) is 39.7 Å². The van der Waals surface area contributed by atoms with Crippen LogP contribution in [0.3, 0.4) is 0 Å². The van der Waals surface area contributed by atoms with E-state index in [2.05, 4.69) is 19.2 Å². The summed E-state index contributed by atoms with van der Waals surface area (Å²) in [7, 11) is 0. The van der Waals surface area contributed by atoms with E-state index in [0.29, 0.717) is 19.0 Å². The number of nitrogens with zero attached hydrogens (tertiary/aromatic N) is 1. The van der Waals surface area contributed by atoms with Crippen LogP contribution in [-0.4, -0.2) is 41.3 Å². The van der Waals surface area contributed by atoms with E-state index in [4.69, 9.17) is 0 Å². The van der Waals surface area contributed by atoms with E-state index in [9.17, 15) is 9.90 Å². The Morgan fingerprint density at radius 1 is 1.56 bits per heavy atom. The summed E-state index contributed by atoms with van der Waals surface area (Å²) in [6.07, 6.45) is 0.887. The van der Waals surface area contributed by atoms with Gasteiger partial charge in [-0.05, 0) is 26.2 Å². The molecule has 1 fully saturated rings. The van der Waals surface area contributed by atoms with E-state index in [1.165, 1.54) is 0 Å². The minimum absolute atomic E-state index is 0.000417. The minimum atomic E-state index is -0.687. The summed E-state index contributed by atoms with van der Waals surface area (Å²) in [5.41, 5.74) is -0.687. The topological polar surface area (TPSA) is 52.6 Å². The Bertz CT molecular complexity index is 246. The highest BCUT2D eigenvalue weighted by Gasteiger charge is 2.35. The van der Waals surface area contributed by atoms with Crippen LogP contribution in [0.1, 0.15) is 34.1 Å². The molecule has 2 N–H and O–H groups in total. The molecule has 0 aromatic heterocycles. The Morgan fingerprint density at radius 3 is 2.62 bits per heavy atom. The van der Waals surface area contributed by atoms with Crippen LogP contribution in [0.5, 0.6) is 0 Å². The van der Waals surface area contributed by atoms with Crippen molar-refractivity contribution in [2.24, 2.45) is 11.8 Å². The van der Waals surface area contributed by atoms with Gasteiger partial charge in [0, 0.05) is 25.6 Å². The summed E-state index contributed by atoms with van der Waals surface area (Å²) in [5.74, 6) is 0.661. The fourth-order valence-electron chi connectivity index (χ4n) is 1.92. The van der Waals surface area contributed by atoms with Crippen LogP contribution in [0.2, 0.25) is 0 Å². The Hall–Kier alpha value is -0.770. The molecular weight excluding hydrogens is 204 g/mol. The fourth-order valence-corrected chi connectivity index (χ4v) is 1.92. The van der Waals surface area contributed by atoms with Gasteiger partial charge in [0.15, 0.2) is 0 Å². The van der Waals surface area contributed by atoms with Crippen LogP contribution in [0.25, 0.3) is 0 Å². The lowest BCUT2D eigenvalue weighted by Crippen LogP contribution is -2.41. The van der Waals surface area contributed by atoms with Crippen molar-refractivity contribution in [3.63, 3.8) is 0 Å². The van der Waals surface area contributed by atoms with Gasteiger partial charge in [0.05, 0.1) is 5.60 Å². The molecule has 2 amide bonds. The number of carbonyl (C=O) groups excluding carboxylic acids is 1. The normalized spacial score (nSPS) is 21.6. The molecule has 1 saturated heterocycles. The first-order chi connectivity index (χ1) is 7.30. The Kier molecular flexibility index (Phi) is 4.19. The average Bonchev–Trinajstić information content (AvgIpc) is 2.61. The molecule has 0 bridgehead atoms. The standard InChI is InChI=1S/C12H24N2O2/c1-9(2)7-13-11(15)14-6-5-10(8-14)12(3,4)16/h9-10,16H,5-8H2,1-4H3,(H,13,15). The second kappa shape index (κ2) is 5.04. The molecule has 0 radical (unpaired) electrons. The van der Waals surface area contributed by atoms with Gasteiger partial charge in [-0.2, -0.15) is 0 Å². The SMILES string of the molecule is CC(C)CNC(=O)N1CCC(C(C)(C)O)C1. The maximum absolute atomic E-state index is 11.8. The van der Waals surface area contributed by atoms with Gasteiger partial charge in [0.2, 0.25) is 0 Å². The number of aliphatic hydroxyl groups is 1. The quantitative estimate of drug-likeness (QED) is 0.768. The van der Waals surface area contributed by atoms with Gasteiger partial charge in [-0.15, -0.1) is 0 Å². The number of carbonyl (C=O) groups is 1. The zero-order chi connectivity index (χ0) is 12.3. The van der Waals surface area contributed by atoms with Crippen molar-refractivity contribution in [2.75, 3.05) is 19.6 Å². The number of hydrogen-bond donors (Lipinski definition) is 2. The average molecular weight is 228 g/mol. The van der Waals surface area contributed by atoms with Crippen molar-refractivity contribution in [3.05, 3.63) is 0 Å². The number of rotatable bonds is 3. The largest absolute Gasteiger partial charge is 0.390 e. The van der Waals surface area contributed by atoms with Crippen molar-refractivity contribution >= 4 is 6.03 Å². The summed E-state index contributed by atoms with van der Waals surface area (Å²) < 4.78 is 0. The lowest BCUT2D eigenvalue weighted by molar-refractivity contribution is 0.0225. The van der Waals surface area contributed by atoms with Crippen LogP contribution in [-0.2, 0) is 0 Å². The first-order valence-electron chi connectivity index (χ1n) is 6.06. The van der Waals surface area contributed by atoms with Gasteiger partial charge in [-0.25, -0.2) is 4.79 Å². The highest BCUT2D eigenvalue weighted by Crippen LogP contribution is 2.26. The zero-order valence-corrected chi connectivity index (χ0v) is 10.8. The third kappa shape index (κ3) is 3.67. The first-order valence-corrected chi connectivity index (χ1v) is 6.06. The van der Waals surface area contributed by atoms with Gasteiger partial charge in [0.25, 0.3) is 0 Å². The highest BCUT2D eigenvalue weighted by atomic mass is 16.3. The molecule has 4 nitrogen and oxygen atoms in total. The molecule has 0 spiro atoms. The van der Waals surface area contributed by atoms with Crippen LogP contribution in [0.15, 0.2) is 0 Å². The van der Waals surface area contributed by atoms with Crippen molar-refractivity contribution in [3.8, 4) is 0 Å². The van der Waals surface area contributed by atoms with Crippen molar-refractivity contribution < 1.29 is 9.90 Å². The number of nitrogens with one attached hydrogen (secondary N) is 1. The number of amides is 2. The molecule has 1 rings (SSSR count). The van der Waals surface area contributed by atoms with Crippen LogP contribution in [0, 0.1) is 11.8 Å². The first kappa shape index (κ1) is 13.3. The van der Waals surface area contributed by atoms with Crippen LogP contribution < -0.4 is 5.32 Å². The second-order valence-corrected chi connectivity index (χ2v) is 5.67. The van der Waals surface area contributed by atoms with Gasteiger partial charge in [0.1, 0.15) is 0 Å². The van der Waals surface area contributed by atoms with E-state index in [1.807, 2.05) is 13.8 Å². The molecule has 1 heterocycles. The molecular formula is C12H24N2O2. The van der Waals surface area contributed by atoms with E-state index >= 15 is 0 Å². The molecule has 94 valence electrons. The van der Waals surface area contributed by atoms with Gasteiger partial charge < -0.3 is 15.3 Å². The third-order valence-electron chi connectivity index (χ3n) is 3.14. The van der Waals surface area contributed by atoms with Crippen molar-refractivity contribution in [1.82, 2.24) is 10.2 Å². The third-order valence-corrected chi connectivity index (χ3v) is 3.14. The lowest BCUT2D eigenvalue weighted by Gasteiger charge is -2.25. The smallest absolute Gasteiger partial charge is 0.317 e. The van der Waals surface area contributed by atoms with E-state index in [-0.39, 0.29) is 11.9 Å². The summed E-state index contributed by atoms with van der Waals surface area (Å²) in [6, 6.07) is 0.000417. The Labute approximate surface area is 98.0 Å². The lowest BCUT2D eigenvalue weighted by atomic mass is 9.91. The van der Waals surface area contributed by atoms with E-state index < -0.39 is 5.60 Å². The minimum Gasteiger partial charge on any atom is -0.390 e.